The second-order valence-corrected chi connectivity index (χ2v) is 35.3. The Morgan fingerprint density at radius 3 is 1.07 bits per heavy atom. The number of para-hydroxylation sites is 2. The minimum Gasteiger partial charge on any atom is -0.309 e. The summed E-state index contributed by atoms with van der Waals surface area (Å²) < 4.78 is 4.94. The van der Waals surface area contributed by atoms with Gasteiger partial charge in [0.2, 0.25) is 0 Å². The van der Waals surface area contributed by atoms with Gasteiger partial charge in [0, 0.05) is 65.6 Å². The second kappa shape index (κ2) is 33.1. The molecular formula is C130H82N6. The molecule has 27 aromatic rings. The highest BCUT2D eigenvalue weighted by Crippen LogP contribution is 2.49. The summed E-state index contributed by atoms with van der Waals surface area (Å²) in [5.74, 6) is 1.40. The fourth-order valence-electron chi connectivity index (χ4n) is 21.2. The van der Waals surface area contributed by atoms with Gasteiger partial charge < -0.3 is 9.13 Å². The molecule has 0 radical (unpaired) electrons. The normalized spacial score (nSPS) is 11.7. The van der Waals surface area contributed by atoms with Crippen molar-refractivity contribution in [3.8, 4) is 135 Å². The fraction of sp³-hybridized carbons (Fsp3) is 0. The van der Waals surface area contributed by atoms with Crippen LogP contribution in [0, 0.1) is 0 Å². The lowest BCUT2D eigenvalue weighted by atomic mass is 9.93. The van der Waals surface area contributed by atoms with E-state index in [-0.39, 0.29) is 0 Å². The van der Waals surface area contributed by atoms with Gasteiger partial charge in [-0.15, -0.1) is 0 Å². The zero-order valence-corrected chi connectivity index (χ0v) is 74.0. The number of hydrogen-bond donors (Lipinski definition) is 0. The van der Waals surface area contributed by atoms with E-state index in [0.29, 0.717) is 11.6 Å². The molecule has 0 bridgehead atoms. The molecule has 0 atom stereocenters. The Labute approximate surface area is 785 Å². The Kier molecular flexibility index (Phi) is 19.2. The Balaban J connectivity index is 0.000000142. The zero-order valence-electron chi connectivity index (χ0n) is 74.0. The molecule has 6 nitrogen and oxygen atoms in total. The first-order valence-corrected chi connectivity index (χ1v) is 46.5. The molecule has 0 N–H and O–H groups in total. The third kappa shape index (κ3) is 13.6. The SMILES string of the molecule is c1ccc(-c2cc(-c3ccccc3)cc(-c3ccc(-c4nc(-c5cccc6c(-n7c8ccc9ccccc9c8c8c9cccc(-c%10ccccc%10)c9ccc87)cccc56)nc5ccccc45)cc3)c2)cc1.c1ccc(-c2ccc(-c3cccc(-c4nc(-c5cccc6cc(-n7c8ccc9ccccc9c8c8c9ccccc9c(-c9ccccc9)cc87)ccc56)nc5ccccc45)c3)cc2)cc1. The zero-order chi connectivity index (χ0) is 89.7. The molecule has 0 fully saturated rings. The lowest BCUT2D eigenvalue weighted by molar-refractivity contribution is 1.19. The molecule has 0 spiro atoms. The number of rotatable bonds is 13. The van der Waals surface area contributed by atoms with Crippen LogP contribution < -0.4 is 0 Å². The molecule has 0 aliphatic rings. The Bertz CT molecular complexity index is 9380. The maximum atomic E-state index is 5.48. The lowest BCUT2D eigenvalue weighted by Gasteiger charge is -2.15. The van der Waals surface area contributed by atoms with Gasteiger partial charge in [-0.25, -0.2) is 19.9 Å². The van der Waals surface area contributed by atoms with E-state index in [0.717, 1.165) is 111 Å². The lowest BCUT2D eigenvalue weighted by Crippen LogP contribution is -1.98. The molecule has 0 amide bonds. The second-order valence-electron chi connectivity index (χ2n) is 35.3. The summed E-state index contributed by atoms with van der Waals surface area (Å²) in [4.78, 5) is 21.4. The highest BCUT2D eigenvalue weighted by Gasteiger charge is 2.26. The van der Waals surface area contributed by atoms with Crippen molar-refractivity contribution in [1.82, 2.24) is 29.1 Å². The molecule has 0 aliphatic carbocycles. The number of benzene rings is 23. The van der Waals surface area contributed by atoms with Gasteiger partial charge in [-0.05, 0) is 216 Å². The van der Waals surface area contributed by atoms with Crippen molar-refractivity contribution in [3.05, 3.63) is 497 Å². The Morgan fingerprint density at radius 2 is 0.485 bits per heavy atom. The molecule has 23 aromatic carbocycles. The predicted octanol–water partition coefficient (Wildman–Crippen LogP) is 34.7. The van der Waals surface area contributed by atoms with E-state index in [9.17, 15) is 0 Å². The highest BCUT2D eigenvalue weighted by molar-refractivity contribution is 6.32. The van der Waals surface area contributed by atoms with Crippen LogP contribution in [-0.4, -0.2) is 29.1 Å². The summed E-state index contributed by atoms with van der Waals surface area (Å²) in [6.45, 7) is 0. The standard InChI is InChI=1S/C68H43N3.C62H39N3/c1-4-17-44(18-5-1)50-41-51(45-19-6-2-7-20-45)43-52(42-50)46-33-35-49(36-34-46)67-60-25-12-13-31-61(60)69-68(70-67)59-30-15-28-57-55(59)27-16-32-62(57)71-63-39-37-48-23-10-11-24-54(48)65(63)66-58-29-14-26-53(47-21-8-3-9-22-47)56(58)38-40-64(66)71;1-3-15-40(16-4-1)41-29-31-42(32-30-41)45-20-13-22-47(37-45)61-54-26-11-12-28-56(54)63-62(64-61)53-27-14-21-46-38-48(34-35-49(46)53)65-57-36-33-44-19-7-8-23-50(44)59(57)60-52-25-10-9-24-51(52)55(39-58(60)65)43-17-5-2-6-18-43/h1-43H;1-39H. The van der Waals surface area contributed by atoms with Gasteiger partial charge in [0.05, 0.1) is 50.2 Å². The maximum Gasteiger partial charge on any atom is 0.161 e. The largest absolute Gasteiger partial charge is 0.309 e. The Morgan fingerprint density at radius 1 is 0.147 bits per heavy atom. The molecule has 4 heterocycles. The monoisotopic (exact) mass is 1730 g/mol. The van der Waals surface area contributed by atoms with E-state index >= 15 is 0 Å². The third-order valence-corrected chi connectivity index (χ3v) is 27.6. The Hall–Kier alpha value is -18.1. The number of nitrogens with zero attached hydrogens (tertiary/aromatic N) is 6. The van der Waals surface area contributed by atoms with E-state index in [1.165, 1.54) is 142 Å². The molecular weight excluding hydrogens is 1650 g/mol. The molecule has 27 rings (SSSR count). The molecule has 0 unspecified atom stereocenters. The van der Waals surface area contributed by atoms with Crippen LogP contribution in [0.25, 0.3) is 265 Å². The van der Waals surface area contributed by atoms with Crippen LogP contribution >= 0.6 is 0 Å². The quantitative estimate of drug-likeness (QED) is 0.115. The fourth-order valence-corrected chi connectivity index (χ4v) is 21.2. The molecule has 6 heteroatoms. The van der Waals surface area contributed by atoms with Crippen LogP contribution in [0.5, 0.6) is 0 Å². The van der Waals surface area contributed by atoms with Crippen LogP contribution in [0.15, 0.2) is 497 Å². The maximum absolute atomic E-state index is 5.48. The smallest absolute Gasteiger partial charge is 0.161 e. The third-order valence-electron chi connectivity index (χ3n) is 27.6. The number of fused-ring (bicyclic) bond motifs is 18. The minimum absolute atomic E-state index is 0.696. The topological polar surface area (TPSA) is 61.4 Å². The van der Waals surface area contributed by atoms with Gasteiger partial charge in [0.1, 0.15) is 0 Å². The summed E-state index contributed by atoms with van der Waals surface area (Å²) in [6.07, 6.45) is 0. The van der Waals surface area contributed by atoms with E-state index in [2.05, 4.69) is 507 Å². The molecule has 632 valence electrons. The first-order chi connectivity index (χ1) is 67.4. The van der Waals surface area contributed by atoms with E-state index in [4.69, 9.17) is 19.9 Å². The predicted molar refractivity (Wildman–Crippen MR) is 573 cm³/mol. The van der Waals surface area contributed by atoms with Gasteiger partial charge in [-0.1, -0.05) is 419 Å². The van der Waals surface area contributed by atoms with E-state index < -0.39 is 0 Å². The molecule has 0 aliphatic heterocycles. The molecule has 0 saturated heterocycles. The van der Waals surface area contributed by atoms with Crippen molar-refractivity contribution in [2.24, 2.45) is 0 Å². The van der Waals surface area contributed by atoms with Crippen molar-refractivity contribution >= 4 is 130 Å². The minimum atomic E-state index is 0.696. The van der Waals surface area contributed by atoms with Crippen molar-refractivity contribution in [2.45, 2.75) is 0 Å². The molecule has 0 saturated carbocycles. The van der Waals surface area contributed by atoms with Crippen molar-refractivity contribution in [2.75, 3.05) is 0 Å². The van der Waals surface area contributed by atoms with Gasteiger partial charge in [-0.2, -0.15) is 0 Å². The summed E-state index contributed by atoms with van der Waals surface area (Å²) >= 11 is 0. The first kappa shape index (κ1) is 78.9. The van der Waals surface area contributed by atoms with Crippen LogP contribution in [0.2, 0.25) is 0 Å². The van der Waals surface area contributed by atoms with Crippen LogP contribution in [0.4, 0.5) is 0 Å². The van der Waals surface area contributed by atoms with E-state index in [1.807, 2.05) is 0 Å². The van der Waals surface area contributed by atoms with Crippen LogP contribution in [0.3, 0.4) is 0 Å². The summed E-state index contributed by atoms with van der Waals surface area (Å²) in [7, 11) is 0. The van der Waals surface area contributed by atoms with E-state index in [1.54, 1.807) is 0 Å². The van der Waals surface area contributed by atoms with Gasteiger partial charge in [0.15, 0.2) is 11.6 Å². The van der Waals surface area contributed by atoms with Gasteiger partial charge >= 0.3 is 0 Å². The van der Waals surface area contributed by atoms with Crippen molar-refractivity contribution < 1.29 is 0 Å². The summed E-state index contributed by atoms with van der Waals surface area (Å²) in [5.41, 5.74) is 31.3. The highest BCUT2D eigenvalue weighted by atomic mass is 15.0. The van der Waals surface area contributed by atoms with Crippen molar-refractivity contribution in [1.29, 1.82) is 0 Å². The molecule has 4 aromatic heterocycles. The van der Waals surface area contributed by atoms with Crippen molar-refractivity contribution in [3.63, 3.8) is 0 Å². The average molecular weight is 1730 g/mol. The van der Waals surface area contributed by atoms with Gasteiger partial charge in [0.25, 0.3) is 0 Å². The number of hydrogen-bond acceptors (Lipinski definition) is 4. The van der Waals surface area contributed by atoms with Crippen LogP contribution in [-0.2, 0) is 0 Å². The summed E-state index contributed by atoms with van der Waals surface area (Å²) in [5, 5.41) is 21.5. The number of aromatic nitrogens is 6. The average Bonchev–Trinajstić information content (AvgIpc) is 1.56. The summed E-state index contributed by atoms with van der Waals surface area (Å²) in [6, 6.07) is 179. The van der Waals surface area contributed by atoms with Gasteiger partial charge in [-0.3, -0.25) is 0 Å². The first-order valence-electron chi connectivity index (χ1n) is 46.5. The molecule has 136 heavy (non-hydrogen) atoms. The van der Waals surface area contributed by atoms with Crippen LogP contribution in [0.1, 0.15) is 0 Å².